The van der Waals surface area contributed by atoms with Crippen LogP contribution in [-0.2, 0) is 0 Å². The molecule has 0 radical (unpaired) electrons. The summed E-state index contributed by atoms with van der Waals surface area (Å²) in [6, 6.07) is 2.78. The lowest BCUT2D eigenvalue weighted by Gasteiger charge is -2.03. The summed E-state index contributed by atoms with van der Waals surface area (Å²) in [5, 5.41) is 7.97. The molecule has 0 aliphatic rings. The van der Waals surface area contributed by atoms with E-state index < -0.39 is 12.1 Å². The number of hydrogen-bond acceptors (Lipinski definition) is 2. The number of hydrogen-bond donors (Lipinski definition) is 0. The lowest BCUT2D eigenvalue weighted by atomic mass is 10.2. The van der Waals surface area contributed by atoms with Crippen molar-refractivity contribution in [3.63, 3.8) is 0 Å². The first-order valence-electron chi connectivity index (χ1n) is 3.10. The van der Waals surface area contributed by atoms with Crippen LogP contribution in [0.25, 0.3) is 0 Å². The Bertz CT molecular complexity index is 373. The van der Waals surface area contributed by atoms with Crippen molar-refractivity contribution in [3.05, 3.63) is 27.5 Å². The summed E-state index contributed by atoms with van der Waals surface area (Å²) in [5.74, 6) is 0. The van der Waals surface area contributed by atoms with Crippen molar-refractivity contribution in [2.24, 2.45) is 0 Å². The van der Waals surface area contributed by atoms with Crippen LogP contribution in [0, 0.1) is 11.3 Å². The number of nitrogens with zero attached hydrogens (tertiary/aromatic N) is 2. The molecule has 0 saturated carbocycles. The van der Waals surface area contributed by atoms with Gasteiger partial charge in [0.1, 0.15) is 16.9 Å². The molecule has 6 heteroatoms. The van der Waals surface area contributed by atoms with E-state index in [0.29, 0.717) is 0 Å². The number of nitriles is 1. The Morgan fingerprint density at radius 3 is 2.54 bits per heavy atom. The van der Waals surface area contributed by atoms with Gasteiger partial charge in [-0.05, 0) is 6.07 Å². The Kier molecular flexibility index (Phi) is 3.02. The van der Waals surface area contributed by atoms with Crippen molar-refractivity contribution in [3.8, 4) is 6.07 Å². The Labute approximate surface area is 82.7 Å². The van der Waals surface area contributed by atoms with Crippen molar-refractivity contribution in [1.29, 1.82) is 5.26 Å². The third kappa shape index (κ3) is 2.06. The van der Waals surface area contributed by atoms with Gasteiger partial charge in [0.05, 0.1) is 10.6 Å². The third-order valence-electron chi connectivity index (χ3n) is 1.28. The maximum Gasteiger partial charge on any atom is 0.281 e. The van der Waals surface area contributed by atoms with Gasteiger partial charge >= 0.3 is 0 Å². The lowest BCUT2D eigenvalue weighted by Crippen LogP contribution is -1.94. The largest absolute Gasteiger partial charge is 0.281 e. The Hall–Kier alpha value is -0.920. The van der Waals surface area contributed by atoms with E-state index in [2.05, 4.69) is 4.98 Å². The molecule has 2 nitrogen and oxygen atoms in total. The summed E-state index contributed by atoms with van der Waals surface area (Å²) in [4.78, 5) is 3.31. The summed E-state index contributed by atoms with van der Waals surface area (Å²) in [7, 11) is 0. The predicted molar refractivity (Wildman–Crippen MR) is 43.9 cm³/mol. The highest BCUT2D eigenvalue weighted by atomic mass is 35.5. The summed E-state index contributed by atoms with van der Waals surface area (Å²) < 4.78 is 24.4. The standard InChI is InChI=1S/C7H2Cl2F2N2/c8-4-1-3(2-12)5(9)6(13-4)7(10)11/h1,7H. The van der Waals surface area contributed by atoms with Crippen molar-refractivity contribution in [1.82, 2.24) is 4.98 Å². The number of rotatable bonds is 1. The van der Waals surface area contributed by atoms with Gasteiger partial charge in [0.2, 0.25) is 0 Å². The van der Waals surface area contributed by atoms with E-state index in [1.165, 1.54) is 0 Å². The molecule has 1 aromatic rings. The zero-order chi connectivity index (χ0) is 10.0. The fourth-order valence-electron chi connectivity index (χ4n) is 0.743. The Morgan fingerprint density at radius 2 is 2.08 bits per heavy atom. The van der Waals surface area contributed by atoms with Crippen molar-refractivity contribution in [2.75, 3.05) is 0 Å². The number of alkyl halides is 2. The van der Waals surface area contributed by atoms with E-state index in [4.69, 9.17) is 28.5 Å². The molecule has 0 spiro atoms. The Morgan fingerprint density at radius 1 is 1.46 bits per heavy atom. The van der Waals surface area contributed by atoms with Gasteiger partial charge in [0.25, 0.3) is 6.43 Å². The second-order valence-electron chi connectivity index (χ2n) is 2.10. The van der Waals surface area contributed by atoms with Gasteiger partial charge in [-0.15, -0.1) is 0 Å². The minimum absolute atomic E-state index is 0.100. The molecule has 68 valence electrons. The molecule has 1 rings (SSSR count). The first kappa shape index (κ1) is 10.2. The molecule has 0 aliphatic heterocycles. The smallest absolute Gasteiger partial charge is 0.233 e. The molecule has 1 aromatic heterocycles. The molecule has 0 saturated heterocycles. The number of pyridine rings is 1. The SMILES string of the molecule is N#Cc1cc(Cl)nc(C(F)F)c1Cl. The van der Waals surface area contributed by atoms with Crippen LogP contribution in [-0.4, -0.2) is 4.98 Å². The van der Waals surface area contributed by atoms with E-state index >= 15 is 0 Å². The maximum atomic E-state index is 12.2. The highest BCUT2D eigenvalue weighted by molar-refractivity contribution is 6.33. The van der Waals surface area contributed by atoms with Gasteiger partial charge < -0.3 is 0 Å². The minimum Gasteiger partial charge on any atom is -0.233 e. The van der Waals surface area contributed by atoms with E-state index in [0.717, 1.165) is 6.07 Å². The van der Waals surface area contributed by atoms with E-state index in [-0.39, 0.29) is 15.7 Å². The first-order chi connectivity index (χ1) is 6.06. The molecule has 0 atom stereocenters. The van der Waals surface area contributed by atoms with E-state index in [1.807, 2.05) is 0 Å². The zero-order valence-corrected chi connectivity index (χ0v) is 7.57. The summed E-state index contributed by atoms with van der Waals surface area (Å²) in [5.41, 5.74) is -0.761. The normalized spacial score (nSPS) is 10.2. The predicted octanol–water partition coefficient (Wildman–Crippen LogP) is 3.20. The van der Waals surface area contributed by atoms with Crippen molar-refractivity contribution in [2.45, 2.75) is 6.43 Å². The van der Waals surface area contributed by atoms with Crippen LogP contribution in [0.15, 0.2) is 6.07 Å². The summed E-state index contributed by atoms with van der Waals surface area (Å²) in [6.07, 6.45) is -2.83. The average Bonchev–Trinajstić information content (AvgIpc) is 2.08. The second kappa shape index (κ2) is 3.86. The second-order valence-corrected chi connectivity index (χ2v) is 2.87. The first-order valence-corrected chi connectivity index (χ1v) is 3.86. The van der Waals surface area contributed by atoms with Crippen LogP contribution in [0.2, 0.25) is 10.2 Å². The third-order valence-corrected chi connectivity index (χ3v) is 1.87. The average molecular weight is 223 g/mol. The van der Waals surface area contributed by atoms with Gasteiger partial charge in [-0.2, -0.15) is 5.26 Å². The molecule has 0 unspecified atom stereocenters. The molecule has 0 N–H and O–H groups in total. The van der Waals surface area contributed by atoms with Crippen LogP contribution in [0.5, 0.6) is 0 Å². The topological polar surface area (TPSA) is 36.7 Å². The Balaban J connectivity index is 3.38. The van der Waals surface area contributed by atoms with Crippen molar-refractivity contribution < 1.29 is 8.78 Å². The molecule has 13 heavy (non-hydrogen) atoms. The van der Waals surface area contributed by atoms with E-state index in [1.54, 1.807) is 6.07 Å². The number of aromatic nitrogens is 1. The van der Waals surface area contributed by atoms with Gasteiger partial charge in [0, 0.05) is 0 Å². The van der Waals surface area contributed by atoms with E-state index in [9.17, 15) is 8.78 Å². The minimum atomic E-state index is -2.83. The quantitative estimate of drug-likeness (QED) is 0.685. The summed E-state index contributed by atoms with van der Waals surface area (Å²) in [6.45, 7) is 0. The zero-order valence-electron chi connectivity index (χ0n) is 6.06. The van der Waals surface area contributed by atoms with Gasteiger partial charge in [-0.3, -0.25) is 0 Å². The van der Waals surface area contributed by atoms with Gasteiger partial charge in [-0.25, -0.2) is 13.8 Å². The van der Waals surface area contributed by atoms with Crippen molar-refractivity contribution >= 4 is 23.2 Å². The highest BCUT2D eigenvalue weighted by Crippen LogP contribution is 2.29. The molecule has 0 fully saturated rings. The number of halogens is 4. The van der Waals surface area contributed by atoms with Crippen LogP contribution in [0.4, 0.5) is 8.78 Å². The van der Waals surface area contributed by atoms with Crippen LogP contribution >= 0.6 is 23.2 Å². The molecule has 0 aromatic carbocycles. The van der Waals surface area contributed by atoms with Crippen LogP contribution < -0.4 is 0 Å². The van der Waals surface area contributed by atoms with Gasteiger partial charge in [0.15, 0.2) is 0 Å². The summed E-state index contributed by atoms with van der Waals surface area (Å²) >= 11 is 10.8. The van der Waals surface area contributed by atoms with Gasteiger partial charge in [-0.1, -0.05) is 23.2 Å². The molecule has 0 bridgehead atoms. The molecule has 0 aliphatic carbocycles. The highest BCUT2D eigenvalue weighted by Gasteiger charge is 2.17. The monoisotopic (exact) mass is 222 g/mol. The molecular formula is C7H2Cl2F2N2. The maximum absolute atomic E-state index is 12.2. The fraction of sp³-hybridized carbons (Fsp3) is 0.143. The van der Waals surface area contributed by atoms with Crippen LogP contribution in [0.1, 0.15) is 17.7 Å². The molecule has 0 amide bonds. The van der Waals surface area contributed by atoms with Crippen LogP contribution in [0.3, 0.4) is 0 Å². The molecular weight excluding hydrogens is 221 g/mol. The fourth-order valence-corrected chi connectivity index (χ4v) is 1.16. The lowest BCUT2D eigenvalue weighted by molar-refractivity contribution is 0.146. The molecule has 1 heterocycles.